The molecule has 0 aromatic carbocycles. The lowest BCUT2D eigenvalue weighted by molar-refractivity contribution is 0.302. The highest BCUT2D eigenvalue weighted by atomic mass is 35.5. The molecule has 15 heavy (non-hydrogen) atoms. The highest BCUT2D eigenvalue weighted by Gasteiger charge is 2.06. The lowest BCUT2D eigenvalue weighted by Gasteiger charge is -2.02. The number of halogens is 1. The maximum Gasteiger partial charge on any atom is 0.324 e. The molecular formula is C7H4ClN5O2. The molecule has 7 nitrogen and oxygen atoms in total. The zero-order valence-corrected chi connectivity index (χ0v) is 8.10. The average molecular weight is 226 g/mol. The Balaban J connectivity index is 2.77. The number of hydrogen-bond donors (Lipinski definition) is 0. The Morgan fingerprint density at radius 3 is 1.87 bits per heavy atom. The van der Waals surface area contributed by atoms with Crippen molar-refractivity contribution in [1.82, 2.24) is 15.0 Å². The van der Waals surface area contributed by atoms with Gasteiger partial charge < -0.3 is 9.47 Å². The van der Waals surface area contributed by atoms with Crippen LogP contribution in [0.25, 0.3) is 0 Å². The number of nitrogens with zero attached hydrogens (tertiary/aromatic N) is 5. The van der Waals surface area contributed by atoms with E-state index < -0.39 is 0 Å². The van der Waals surface area contributed by atoms with E-state index in [1.807, 2.05) is 0 Å². The van der Waals surface area contributed by atoms with E-state index in [0.29, 0.717) is 0 Å². The van der Waals surface area contributed by atoms with Gasteiger partial charge in [0.15, 0.2) is 13.2 Å². The fraction of sp³-hybridized carbons (Fsp3) is 0.286. The molecule has 0 atom stereocenters. The molecule has 0 aliphatic heterocycles. The average Bonchev–Trinajstić information content (AvgIpc) is 2.23. The molecule has 0 aliphatic rings. The second-order valence-electron chi connectivity index (χ2n) is 2.06. The van der Waals surface area contributed by atoms with Crippen LogP contribution in [0.1, 0.15) is 0 Å². The molecule has 1 aromatic heterocycles. The van der Waals surface area contributed by atoms with Crippen molar-refractivity contribution in [2.24, 2.45) is 0 Å². The van der Waals surface area contributed by atoms with Gasteiger partial charge in [0.05, 0.1) is 0 Å². The van der Waals surface area contributed by atoms with Crippen molar-refractivity contribution in [3.05, 3.63) is 5.28 Å². The van der Waals surface area contributed by atoms with Crippen LogP contribution >= 0.6 is 11.6 Å². The van der Waals surface area contributed by atoms with Gasteiger partial charge in [-0.15, -0.1) is 4.98 Å². The molecule has 0 unspecified atom stereocenters. The Bertz CT molecular complexity index is 388. The third-order valence-electron chi connectivity index (χ3n) is 1.10. The van der Waals surface area contributed by atoms with E-state index in [2.05, 4.69) is 15.0 Å². The summed E-state index contributed by atoms with van der Waals surface area (Å²) in [5, 5.41) is 16.4. The zero-order chi connectivity index (χ0) is 11.1. The predicted molar refractivity (Wildman–Crippen MR) is 47.1 cm³/mol. The van der Waals surface area contributed by atoms with Gasteiger partial charge >= 0.3 is 12.0 Å². The van der Waals surface area contributed by atoms with Gasteiger partial charge in [0.25, 0.3) is 0 Å². The first-order valence-electron chi connectivity index (χ1n) is 3.67. The molecule has 0 radical (unpaired) electrons. The van der Waals surface area contributed by atoms with Crippen LogP contribution in [-0.2, 0) is 0 Å². The van der Waals surface area contributed by atoms with E-state index in [1.165, 1.54) is 0 Å². The summed E-state index contributed by atoms with van der Waals surface area (Å²) in [5.41, 5.74) is 0. The third-order valence-corrected chi connectivity index (χ3v) is 1.27. The van der Waals surface area contributed by atoms with Gasteiger partial charge in [0, 0.05) is 0 Å². The van der Waals surface area contributed by atoms with Crippen molar-refractivity contribution in [2.75, 3.05) is 13.2 Å². The van der Waals surface area contributed by atoms with Crippen molar-refractivity contribution in [3.63, 3.8) is 0 Å². The highest BCUT2D eigenvalue weighted by Crippen LogP contribution is 2.12. The largest absolute Gasteiger partial charge is 0.448 e. The molecule has 0 amide bonds. The van der Waals surface area contributed by atoms with E-state index in [9.17, 15) is 0 Å². The molecule has 0 saturated heterocycles. The standard InChI is InChI=1S/C7H4ClN5O2/c8-5-11-6(14-3-1-9)13-7(12-5)15-4-2-10/h3-4H2. The lowest BCUT2D eigenvalue weighted by Crippen LogP contribution is -2.04. The maximum atomic E-state index is 8.25. The smallest absolute Gasteiger partial charge is 0.324 e. The van der Waals surface area contributed by atoms with Crippen LogP contribution in [-0.4, -0.2) is 28.2 Å². The van der Waals surface area contributed by atoms with Crippen LogP contribution in [0.5, 0.6) is 12.0 Å². The molecule has 1 rings (SSSR count). The maximum absolute atomic E-state index is 8.25. The van der Waals surface area contributed by atoms with E-state index >= 15 is 0 Å². The van der Waals surface area contributed by atoms with Gasteiger partial charge in [0.1, 0.15) is 12.1 Å². The van der Waals surface area contributed by atoms with Crippen LogP contribution < -0.4 is 9.47 Å². The van der Waals surface area contributed by atoms with Crippen LogP contribution in [0.2, 0.25) is 5.28 Å². The molecule has 0 saturated carbocycles. The van der Waals surface area contributed by atoms with E-state index in [-0.39, 0.29) is 30.5 Å². The van der Waals surface area contributed by atoms with E-state index in [4.69, 9.17) is 31.6 Å². The molecule has 0 N–H and O–H groups in total. The highest BCUT2D eigenvalue weighted by molar-refractivity contribution is 6.28. The van der Waals surface area contributed by atoms with Crippen molar-refractivity contribution in [2.45, 2.75) is 0 Å². The Hall–Kier alpha value is -2.12. The summed E-state index contributed by atoms with van der Waals surface area (Å²) in [6.07, 6.45) is 0. The van der Waals surface area contributed by atoms with Crippen molar-refractivity contribution >= 4 is 11.6 Å². The molecule has 0 aliphatic carbocycles. The van der Waals surface area contributed by atoms with Crippen molar-refractivity contribution in [3.8, 4) is 24.2 Å². The summed E-state index contributed by atoms with van der Waals surface area (Å²) in [5.74, 6) is 0. The second-order valence-corrected chi connectivity index (χ2v) is 2.40. The molecular weight excluding hydrogens is 222 g/mol. The van der Waals surface area contributed by atoms with Crippen LogP contribution in [0.4, 0.5) is 0 Å². The number of hydrogen-bond acceptors (Lipinski definition) is 7. The number of aromatic nitrogens is 3. The molecule has 0 spiro atoms. The van der Waals surface area contributed by atoms with Gasteiger partial charge in [-0.25, -0.2) is 0 Å². The molecule has 0 fully saturated rings. The molecule has 1 heterocycles. The zero-order valence-electron chi connectivity index (χ0n) is 7.34. The van der Waals surface area contributed by atoms with E-state index in [0.717, 1.165) is 0 Å². The minimum atomic E-state index is -0.210. The Morgan fingerprint density at radius 1 is 1.00 bits per heavy atom. The lowest BCUT2D eigenvalue weighted by atomic mass is 10.8. The Morgan fingerprint density at radius 2 is 1.47 bits per heavy atom. The quantitative estimate of drug-likeness (QED) is 0.727. The van der Waals surface area contributed by atoms with Crippen molar-refractivity contribution < 1.29 is 9.47 Å². The number of ether oxygens (including phenoxy) is 2. The summed E-state index contributed by atoms with van der Waals surface area (Å²) in [6.45, 7) is -0.421. The van der Waals surface area contributed by atoms with Gasteiger partial charge in [-0.05, 0) is 11.6 Å². The van der Waals surface area contributed by atoms with Gasteiger partial charge in [-0.2, -0.15) is 20.5 Å². The predicted octanol–water partition coefficient (Wildman–Crippen LogP) is 0.330. The van der Waals surface area contributed by atoms with Crippen LogP contribution in [0.15, 0.2) is 0 Å². The minimum Gasteiger partial charge on any atom is -0.448 e. The SMILES string of the molecule is N#CCOc1nc(Cl)nc(OCC#N)n1. The molecule has 8 heteroatoms. The first-order chi connectivity index (χ1) is 7.26. The summed E-state index contributed by atoms with van der Waals surface area (Å²) in [4.78, 5) is 10.8. The summed E-state index contributed by atoms with van der Waals surface area (Å²) >= 11 is 5.52. The monoisotopic (exact) mass is 225 g/mol. The fourth-order valence-corrected chi connectivity index (χ4v) is 0.782. The first-order valence-corrected chi connectivity index (χ1v) is 4.05. The fourth-order valence-electron chi connectivity index (χ4n) is 0.637. The summed E-state index contributed by atoms with van der Waals surface area (Å²) in [6, 6.07) is 3.24. The van der Waals surface area contributed by atoms with Gasteiger partial charge in [0.2, 0.25) is 5.28 Å². The first kappa shape index (κ1) is 11.0. The normalized spacial score (nSPS) is 8.73. The van der Waals surface area contributed by atoms with Gasteiger partial charge in [-0.1, -0.05) is 0 Å². The van der Waals surface area contributed by atoms with Gasteiger partial charge in [-0.3, -0.25) is 0 Å². The Kier molecular flexibility index (Phi) is 4.07. The summed E-state index contributed by atoms with van der Waals surface area (Å²) < 4.78 is 9.57. The molecule has 76 valence electrons. The van der Waals surface area contributed by atoms with Crippen LogP contribution in [0, 0.1) is 22.7 Å². The molecule has 1 aromatic rings. The second kappa shape index (κ2) is 5.58. The number of rotatable bonds is 4. The van der Waals surface area contributed by atoms with Crippen molar-refractivity contribution in [1.29, 1.82) is 10.5 Å². The van der Waals surface area contributed by atoms with Crippen LogP contribution in [0.3, 0.4) is 0 Å². The summed E-state index contributed by atoms with van der Waals surface area (Å²) in [7, 11) is 0. The van der Waals surface area contributed by atoms with E-state index in [1.54, 1.807) is 12.1 Å². The topological polar surface area (TPSA) is 105 Å². The Labute approximate surface area is 89.9 Å². The molecule has 0 bridgehead atoms. The third kappa shape index (κ3) is 3.63. The minimum absolute atomic E-state index is 0.121. The number of nitriles is 2.